The first kappa shape index (κ1) is 10.1. The van der Waals surface area contributed by atoms with Crippen LogP contribution in [0.3, 0.4) is 0 Å². The lowest BCUT2D eigenvalue weighted by molar-refractivity contribution is 0.0697. The largest absolute Gasteiger partial charge is 0.493 e. The van der Waals surface area contributed by atoms with Crippen LogP contribution in [0.25, 0.3) is 10.8 Å². The topological polar surface area (TPSA) is 46.5 Å². The number of benzene rings is 2. The Balaban J connectivity index is 2.24. The Morgan fingerprint density at radius 3 is 2.94 bits per heavy atom. The molecule has 1 aliphatic heterocycles. The van der Waals surface area contributed by atoms with Crippen LogP contribution < -0.4 is 4.74 Å². The molecule has 0 aromatic heterocycles. The van der Waals surface area contributed by atoms with Crippen LogP contribution >= 0.6 is 0 Å². The maximum Gasteiger partial charge on any atom is 0.335 e. The molecule has 3 rings (SSSR count). The van der Waals surface area contributed by atoms with E-state index in [-0.39, 0.29) is 0 Å². The molecule has 0 atom stereocenters. The van der Waals surface area contributed by atoms with Crippen LogP contribution in [-0.4, -0.2) is 17.7 Å². The van der Waals surface area contributed by atoms with Gasteiger partial charge in [-0.05, 0) is 42.0 Å². The minimum Gasteiger partial charge on any atom is -0.493 e. The third kappa shape index (κ3) is 1.64. The first-order valence-electron chi connectivity index (χ1n) is 5.67. The number of carboxylic acids is 1. The van der Waals surface area contributed by atoms with E-state index in [2.05, 4.69) is 0 Å². The number of aromatic carboxylic acids is 1. The van der Waals surface area contributed by atoms with E-state index in [4.69, 9.17) is 9.84 Å². The van der Waals surface area contributed by atoms with E-state index in [9.17, 15) is 4.79 Å². The van der Waals surface area contributed by atoms with E-state index in [0.717, 1.165) is 36.0 Å². The molecule has 3 nitrogen and oxygen atoms in total. The van der Waals surface area contributed by atoms with Crippen LogP contribution in [0, 0.1) is 0 Å². The molecule has 0 spiro atoms. The fourth-order valence-electron chi connectivity index (χ4n) is 2.28. The number of hydrogen-bond donors (Lipinski definition) is 1. The number of fused-ring (bicyclic) bond motifs is 3. The molecule has 0 unspecified atom stereocenters. The molecule has 0 bridgehead atoms. The average Bonchev–Trinajstić information content (AvgIpc) is 2.38. The van der Waals surface area contributed by atoms with Gasteiger partial charge in [-0.25, -0.2) is 4.79 Å². The van der Waals surface area contributed by atoms with Crippen molar-refractivity contribution in [2.24, 2.45) is 0 Å². The standard InChI is InChI=1S/C14H12O3/c15-14(16)11-5-6-12-10(8-11)4-3-9-2-1-7-17-13(9)12/h3-6,8H,1-2,7H2,(H,15,16). The molecule has 0 saturated heterocycles. The zero-order valence-electron chi connectivity index (χ0n) is 9.27. The molecule has 17 heavy (non-hydrogen) atoms. The Morgan fingerprint density at radius 2 is 2.12 bits per heavy atom. The first-order chi connectivity index (χ1) is 8.25. The molecule has 0 radical (unpaired) electrons. The van der Waals surface area contributed by atoms with Gasteiger partial charge >= 0.3 is 5.97 Å². The predicted octanol–water partition coefficient (Wildman–Crippen LogP) is 2.86. The van der Waals surface area contributed by atoms with Gasteiger partial charge in [0.15, 0.2) is 0 Å². The van der Waals surface area contributed by atoms with Gasteiger partial charge in [-0.3, -0.25) is 0 Å². The first-order valence-corrected chi connectivity index (χ1v) is 5.67. The molecule has 86 valence electrons. The summed E-state index contributed by atoms with van der Waals surface area (Å²) in [6.07, 6.45) is 2.08. The third-order valence-electron chi connectivity index (χ3n) is 3.14. The summed E-state index contributed by atoms with van der Waals surface area (Å²) in [7, 11) is 0. The fraction of sp³-hybridized carbons (Fsp3) is 0.214. The van der Waals surface area contributed by atoms with Crippen LogP contribution in [0.4, 0.5) is 0 Å². The summed E-state index contributed by atoms with van der Waals surface area (Å²) in [5.41, 5.74) is 1.53. The highest BCUT2D eigenvalue weighted by molar-refractivity contribution is 5.97. The van der Waals surface area contributed by atoms with Crippen molar-refractivity contribution in [1.82, 2.24) is 0 Å². The van der Waals surface area contributed by atoms with Crippen molar-refractivity contribution in [3.63, 3.8) is 0 Å². The molecule has 0 fully saturated rings. The monoisotopic (exact) mass is 228 g/mol. The van der Waals surface area contributed by atoms with E-state index in [1.165, 1.54) is 5.56 Å². The lowest BCUT2D eigenvalue weighted by atomic mass is 9.99. The van der Waals surface area contributed by atoms with E-state index in [1.807, 2.05) is 18.2 Å². The lowest BCUT2D eigenvalue weighted by Gasteiger charge is -2.19. The summed E-state index contributed by atoms with van der Waals surface area (Å²) in [5.74, 6) is 0.0243. The van der Waals surface area contributed by atoms with Gasteiger partial charge in [0.2, 0.25) is 0 Å². The molecule has 1 aliphatic rings. The second kappa shape index (κ2) is 3.77. The van der Waals surface area contributed by atoms with Gasteiger partial charge in [0, 0.05) is 5.39 Å². The maximum absolute atomic E-state index is 10.9. The number of ether oxygens (including phenoxy) is 1. The van der Waals surface area contributed by atoms with Crippen LogP contribution in [0.1, 0.15) is 22.3 Å². The zero-order chi connectivity index (χ0) is 11.8. The smallest absolute Gasteiger partial charge is 0.335 e. The van der Waals surface area contributed by atoms with E-state index >= 15 is 0 Å². The van der Waals surface area contributed by atoms with Gasteiger partial charge in [0.25, 0.3) is 0 Å². The van der Waals surface area contributed by atoms with Crippen molar-refractivity contribution < 1.29 is 14.6 Å². The molecule has 1 heterocycles. The van der Waals surface area contributed by atoms with Crippen LogP contribution in [0.15, 0.2) is 30.3 Å². The Kier molecular flexibility index (Phi) is 2.25. The SMILES string of the molecule is O=C(O)c1ccc2c3c(ccc2c1)CCCO3. The number of carboxylic acid groups (broad SMARTS) is 1. The number of aryl methyl sites for hydroxylation is 1. The van der Waals surface area contributed by atoms with Gasteiger partial charge in [-0.1, -0.05) is 12.1 Å². The van der Waals surface area contributed by atoms with E-state index < -0.39 is 5.97 Å². The van der Waals surface area contributed by atoms with Gasteiger partial charge < -0.3 is 9.84 Å². The molecule has 2 aromatic rings. The minimum absolute atomic E-state index is 0.313. The molecular weight excluding hydrogens is 216 g/mol. The number of hydrogen-bond acceptors (Lipinski definition) is 2. The van der Waals surface area contributed by atoms with Crippen molar-refractivity contribution in [2.45, 2.75) is 12.8 Å². The predicted molar refractivity (Wildman–Crippen MR) is 64.7 cm³/mol. The van der Waals surface area contributed by atoms with Gasteiger partial charge in [-0.15, -0.1) is 0 Å². The summed E-state index contributed by atoms with van der Waals surface area (Å²) in [4.78, 5) is 10.9. The summed E-state index contributed by atoms with van der Waals surface area (Å²) >= 11 is 0. The average molecular weight is 228 g/mol. The molecule has 0 saturated carbocycles. The number of rotatable bonds is 1. The van der Waals surface area contributed by atoms with Gasteiger partial charge in [-0.2, -0.15) is 0 Å². The van der Waals surface area contributed by atoms with Crippen molar-refractivity contribution in [3.05, 3.63) is 41.5 Å². The normalized spacial score (nSPS) is 14.1. The third-order valence-corrected chi connectivity index (χ3v) is 3.14. The van der Waals surface area contributed by atoms with E-state index in [0.29, 0.717) is 5.56 Å². The molecule has 3 heteroatoms. The molecule has 0 aliphatic carbocycles. The Bertz CT molecular complexity index is 602. The van der Waals surface area contributed by atoms with Gasteiger partial charge in [0.1, 0.15) is 5.75 Å². The van der Waals surface area contributed by atoms with Crippen molar-refractivity contribution in [1.29, 1.82) is 0 Å². The molecule has 2 aromatic carbocycles. The second-order valence-electron chi connectivity index (χ2n) is 4.25. The Hall–Kier alpha value is -2.03. The highest BCUT2D eigenvalue weighted by atomic mass is 16.5. The maximum atomic E-state index is 10.9. The summed E-state index contributed by atoms with van der Waals surface area (Å²) in [5, 5.41) is 10.9. The molecule has 0 amide bonds. The highest BCUT2D eigenvalue weighted by Crippen LogP contribution is 2.33. The Morgan fingerprint density at radius 1 is 1.24 bits per heavy atom. The zero-order valence-corrected chi connectivity index (χ0v) is 9.27. The highest BCUT2D eigenvalue weighted by Gasteiger charge is 2.14. The lowest BCUT2D eigenvalue weighted by Crippen LogP contribution is -2.08. The summed E-state index contributed by atoms with van der Waals surface area (Å²) < 4.78 is 5.69. The second-order valence-corrected chi connectivity index (χ2v) is 4.25. The Labute approximate surface area is 98.6 Å². The number of carbonyl (C=O) groups is 1. The van der Waals surface area contributed by atoms with Crippen LogP contribution in [0.2, 0.25) is 0 Å². The molecule has 1 N–H and O–H groups in total. The molecular formula is C14H12O3. The minimum atomic E-state index is -0.898. The van der Waals surface area contributed by atoms with Crippen molar-refractivity contribution in [2.75, 3.05) is 6.61 Å². The van der Waals surface area contributed by atoms with Crippen LogP contribution in [0.5, 0.6) is 5.75 Å². The van der Waals surface area contributed by atoms with Crippen molar-refractivity contribution >= 4 is 16.7 Å². The summed E-state index contributed by atoms with van der Waals surface area (Å²) in [6, 6.07) is 9.15. The van der Waals surface area contributed by atoms with E-state index in [1.54, 1.807) is 12.1 Å². The van der Waals surface area contributed by atoms with Crippen LogP contribution in [-0.2, 0) is 6.42 Å². The summed E-state index contributed by atoms with van der Waals surface area (Å²) in [6.45, 7) is 0.743. The van der Waals surface area contributed by atoms with Gasteiger partial charge in [0.05, 0.1) is 12.2 Å². The fourth-order valence-corrected chi connectivity index (χ4v) is 2.28. The quantitative estimate of drug-likeness (QED) is 0.816. The van der Waals surface area contributed by atoms with Crippen molar-refractivity contribution in [3.8, 4) is 5.75 Å².